The van der Waals surface area contributed by atoms with E-state index in [-0.39, 0.29) is 5.56 Å². The Bertz CT molecular complexity index is 1140. The van der Waals surface area contributed by atoms with Crippen LogP contribution in [0.4, 0.5) is 0 Å². The molecule has 0 radical (unpaired) electrons. The second-order valence-corrected chi connectivity index (χ2v) is 7.57. The number of H-pyrrole nitrogens is 1. The summed E-state index contributed by atoms with van der Waals surface area (Å²) in [7, 11) is 0. The molecule has 0 aliphatic heterocycles. The first-order chi connectivity index (χ1) is 12.0. The molecule has 0 aliphatic rings. The summed E-state index contributed by atoms with van der Waals surface area (Å²) in [5, 5.41) is 0.683. The Balaban J connectivity index is 1.95. The molecule has 2 aromatic carbocycles. The zero-order valence-corrected chi connectivity index (χ0v) is 15.2. The highest BCUT2D eigenvalue weighted by atomic mass is 32.1. The van der Waals surface area contributed by atoms with Crippen molar-refractivity contribution in [2.75, 3.05) is 0 Å². The van der Waals surface area contributed by atoms with Crippen LogP contribution in [-0.4, -0.2) is 9.97 Å². The summed E-state index contributed by atoms with van der Waals surface area (Å²) in [6.07, 6.45) is 0. The smallest absolute Gasteiger partial charge is 0.260 e. The van der Waals surface area contributed by atoms with Crippen LogP contribution in [0.1, 0.15) is 16.0 Å². The van der Waals surface area contributed by atoms with Crippen molar-refractivity contribution in [2.24, 2.45) is 0 Å². The van der Waals surface area contributed by atoms with Gasteiger partial charge in [-0.15, -0.1) is 11.3 Å². The van der Waals surface area contributed by atoms with Crippen molar-refractivity contribution in [2.45, 2.75) is 20.8 Å². The number of aryl methyl sites for hydroxylation is 3. The lowest BCUT2D eigenvalue weighted by atomic mass is 10.0. The van der Waals surface area contributed by atoms with Crippen molar-refractivity contribution in [3.8, 4) is 22.5 Å². The Hall–Kier alpha value is -2.72. The number of nitrogens with zero attached hydrogens (tertiary/aromatic N) is 1. The van der Waals surface area contributed by atoms with E-state index >= 15 is 0 Å². The zero-order valence-electron chi connectivity index (χ0n) is 14.4. The van der Waals surface area contributed by atoms with Crippen molar-refractivity contribution in [1.82, 2.24) is 9.97 Å². The summed E-state index contributed by atoms with van der Waals surface area (Å²) >= 11 is 1.57. The first kappa shape index (κ1) is 15.8. The lowest BCUT2D eigenvalue weighted by Gasteiger charge is -2.04. The Morgan fingerprint density at radius 1 is 0.920 bits per heavy atom. The first-order valence-corrected chi connectivity index (χ1v) is 9.02. The van der Waals surface area contributed by atoms with Crippen molar-refractivity contribution in [1.29, 1.82) is 0 Å². The highest BCUT2D eigenvalue weighted by Gasteiger charge is 2.17. The monoisotopic (exact) mass is 346 g/mol. The van der Waals surface area contributed by atoms with E-state index in [9.17, 15) is 4.79 Å². The van der Waals surface area contributed by atoms with Crippen molar-refractivity contribution >= 4 is 21.6 Å². The van der Waals surface area contributed by atoms with Gasteiger partial charge in [-0.25, -0.2) is 4.98 Å². The van der Waals surface area contributed by atoms with Gasteiger partial charge in [-0.1, -0.05) is 53.6 Å². The molecule has 0 unspecified atom stereocenters. The summed E-state index contributed by atoms with van der Waals surface area (Å²) < 4.78 is 0. The molecule has 0 bridgehead atoms. The van der Waals surface area contributed by atoms with Gasteiger partial charge in [0.1, 0.15) is 10.7 Å². The summed E-state index contributed by atoms with van der Waals surface area (Å²) in [6, 6.07) is 16.3. The molecule has 0 saturated carbocycles. The second kappa shape index (κ2) is 5.97. The van der Waals surface area contributed by atoms with E-state index in [1.165, 1.54) is 5.56 Å². The predicted molar refractivity (Wildman–Crippen MR) is 105 cm³/mol. The largest absolute Gasteiger partial charge is 0.306 e. The molecular weight excluding hydrogens is 328 g/mol. The molecule has 4 heteroatoms. The lowest BCUT2D eigenvalue weighted by molar-refractivity contribution is 1.19. The molecule has 0 amide bonds. The van der Waals surface area contributed by atoms with E-state index in [1.54, 1.807) is 11.3 Å². The molecule has 2 heterocycles. The van der Waals surface area contributed by atoms with Gasteiger partial charge >= 0.3 is 0 Å². The van der Waals surface area contributed by atoms with E-state index in [0.717, 1.165) is 32.0 Å². The van der Waals surface area contributed by atoms with Gasteiger partial charge in [-0.05, 0) is 32.4 Å². The summed E-state index contributed by atoms with van der Waals surface area (Å²) in [5.74, 6) is 0.623. The van der Waals surface area contributed by atoms with E-state index in [2.05, 4.69) is 36.2 Å². The second-order valence-electron chi connectivity index (χ2n) is 6.36. The fourth-order valence-electron chi connectivity index (χ4n) is 3.12. The van der Waals surface area contributed by atoms with E-state index in [4.69, 9.17) is 4.98 Å². The van der Waals surface area contributed by atoms with Crippen LogP contribution in [0.25, 0.3) is 32.7 Å². The van der Waals surface area contributed by atoms with Crippen LogP contribution < -0.4 is 5.56 Å². The number of thiophene rings is 1. The van der Waals surface area contributed by atoms with Crippen LogP contribution in [0, 0.1) is 20.8 Å². The first-order valence-electron chi connectivity index (χ1n) is 8.20. The summed E-state index contributed by atoms with van der Waals surface area (Å²) in [5.41, 5.74) is 5.25. The van der Waals surface area contributed by atoms with Crippen molar-refractivity contribution in [3.05, 3.63) is 74.9 Å². The number of benzene rings is 2. The van der Waals surface area contributed by atoms with Gasteiger partial charge in [0.2, 0.25) is 0 Å². The normalized spacial score (nSPS) is 11.2. The number of fused-ring (bicyclic) bond motifs is 1. The third kappa shape index (κ3) is 2.79. The van der Waals surface area contributed by atoms with Crippen molar-refractivity contribution < 1.29 is 0 Å². The molecule has 1 N–H and O–H groups in total. The lowest BCUT2D eigenvalue weighted by Crippen LogP contribution is -2.09. The van der Waals surface area contributed by atoms with Gasteiger partial charge in [-0.3, -0.25) is 4.79 Å². The van der Waals surface area contributed by atoms with E-state index in [0.29, 0.717) is 11.2 Å². The Morgan fingerprint density at radius 3 is 2.40 bits per heavy atom. The molecule has 0 saturated heterocycles. The number of nitrogens with one attached hydrogen (secondary N) is 1. The van der Waals surface area contributed by atoms with Gasteiger partial charge in [0.05, 0.1) is 5.39 Å². The van der Waals surface area contributed by atoms with Gasteiger partial charge in [-0.2, -0.15) is 0 Å². The van der Waals surface area contributed by atoms with E-state index < -0.39 is 0 Å². The molecule has 3 nitrogen and oxygen atoms in total. The molecule has 124 valence electrons. The predicted octanol–water partition coefficient (Wildman–Crippen LogP) is 5.24. The molecular formula is C21H18N2OS. The van der Waals surface area contributed by atoms with Gasteiger partial charge in [0, 0.05) is 16.0 Å². The molecule has 0 atom stereocenters. The number of hydrogen-bond acceptors (Lipinski definition) is 3. The Kier molecular flexibility index (Phi) is 3.77. The highest BCUT2D eigenvalue weighted by Crippen LogP contribution is 2.36. The minimum Gasteiger partial charge on any atom is -0.306 e. The van der Waals surface area contributed by atoms with Gasteiger partial charge < -0.3 is 4.98 Å². The minimum atomic E-state index is -0.0820. The summed E-state index contributed by atoms with van der Waals surface area (Å²) in [4.78, 5) is 22.4. The topological polar surface area (TPSA) is 45.8 Å². The van der Waals surface area contributed by atoms with Crippen LogP contribution >= 0.6 is 11.3 Å². The fourth-order valence-corrected chi connectivity index (χ4v) is 4.16. The molecule has 0 aliphatic carbocycles. The SMILES string of the molecule is Cc1ccc(-c2c(C)sc3nc(-c4cccc(C)c4)[nH]c(=O)c23)cc1. The third-order valence-corrected chi connectivity index (χ3v) is 5.37. The molecule has 4 aromatic rings. The Morgan fingerprint density at radius 2 is 1.68 bits per heavy atom. The van der Waals surface area contributed by atoms with Crippen LogP contribution in [0.3, 0.4) is 0 Å². The maximum atomic E-state index is 12.8. The van der Waals surface area contributed by atoms with Gasteiger partial charge in [0.15, 0.2) is 0 Å². The number of aromatic amines is 1. The van der Waals surface area contributed by atoms with E-state index in [1.807, 2.05) is 38.1 Å². The quantitative estimate of drug-likeness (QED) is 0.539. The standard InChI is InChI=1S/C21H18N2OS/c1-12-7-9-15(10-8-12)17-14(3)25-21-18(17)20(24)22-19(23-21)16-6-4-5-13(2)11-16/h4-11H,1-3H3,(H,22,23,24). The number of rotatable bonds is 2. The zero-order chi connectivity index (χ0) is 17.6. The fraction of sp³-hybridized carbons (Fsp3) is 0.143. The van der Waals surface area contributed by atoms with Crippen LogP contribution in [-0.2, 0) is 0 Å². The Labute approximate surface area is 150 Å². The van der Waals surface area contributed by atoms with Gasteiger partial charge in [0.25, 0.3) is 5.56 Å². The third-order valence-electron chi connectivity index (χ3n) is 4.37. The molecule has 0 spiro atoms. The molecule has 25 heavy (non-hydrogen) atoms. The molecule has 0 fully saturated rings. The van der Waals surface area contributed by atoms with Crippen LogP contribution in [0.2, 0.25) is 0 Å². The highest BCUT2D eigenvalue weighted by molar-refractivity contribution is 7.19. The van der Waals surface area contributed by atoms with Crippen LogP contribution in [0.15, 0.2) is 53.3 Å². The number of hydrogen-bond donors (Lipinski definition) is 1. The maximum Gasteiger partial charge on any atom is 0.260 e. The molecule has 4 rings (SSSR count). The minimum absolute atomic E-state index is 0.0820. The molecule has 2 aromatic heterocycles. The number of aromatic nitrogens is 2. The van der Waals surface area contributed by atoms with Crippen molar-refractivity contribution in [3.63, 3.8) is 0 Å². The summed E-state index contributed by atoms with van der Waals surface area (Å²) in [6.45, 7) is 6.14. The maximum absolute atomic E-state index is 12.8. The average molecular weight is 346 g/mol. The van der Waals surface area contributed by atoms with Crippen LogP contribution in [0.5, 0.6) is 0 Å². The average Bonchev–Trinajstić information content (AvgIpc) is 2.92.